The largest absolute Gasteiger partial charge is 0.497 e. The molecule has 1 saturated heterocycles. The molecule has 2 N–H and O–H groups in total. The Hall–Kier alpha value is -4.06. The van der Waals surface area contributed by atoms with Gasteiger partial charge in [0.1, 0.15) is 5.75 Å². The third kappa shape index (κ3) is 5.13. The number of hydrogen-bond donors (Lipinski definition) is 2. The number of para-hydroxylation sites is 2. The predicted octanol–water partition coefficient (Wildman–Crippen LogP) is 5.65. The lowest BCUT2D eigenvalue weighted by molar-refractivity contribution is -0.134. The lowest BCUT2D eigenvalue weighted by atomic mass is 9.95. The zero-order valence-corrected chi connectivity index (χ0v) is 20.5. The molecule has 1 aliphatic rings. The third-order valence-electron chi connectivity index (χ3n) is 7.04. The van der Waals surface area contributed by atoms with Crippen molar-refractivity contribution in [2.45, 2.75) is 25.7 Å². The number of nitrogens with one attached hydrogen (secondary N) is 2. The number of H-pyrrole nitrogens is 1. The number of hydrogen-bond acceptors (Lipinski definition) is 3. The summed E-state index contributed by atoms with van der Waals surface area (Å²) in [6.45, 7) is 1.23. The normalized spacial score (nSPS) is 14.1. The van der Waals surface area contributed by atoms with E-state index in [2.05, 4.69) is 22.4 Å². The van der Waals surface area contributed by atoms with Crippen LogP contribution < -0.4 is 10.1 Å². The predicted molar refractivity (Wildman–Crippen MR) is 143 cm³/mol. The summed E-state index contributed by atoms with van der Waals surface area (Å²) >= 11 is 0. The van der Waals surface area contributed by atoms with E-state index in [1.54, 1.807) is 7.11 Å². The fraction of sp³-hybridized carbons (Fsp3) is 0.267. The number of nitrogens with zero attached hydrogens (tertiary/aromatic N) is 1. The van der Waals surface area contributed by atoms with Crippen LogP contribution in [-0.2, 0) is 16.0 Å². The first-order chi connectivity index (χ1) is 17.6. The number of carbonyl (C=O) groups excluding carboxylic acids is 2. The van der Waals surface area contributed by atoms with Gasteiger partial charge in [0.15, 0.2) is 0 Å². The lowest BCUT2D eigenvalue weighted by Gasteiger charge is -2.31. The van der Waals surface area contributed by atoms with Crippen LogP contribution in [0.25, 0.3) is 22.2 Å². The summed E-state index contributed by atoms with van der Waals surface area (Å²) < 4.78 is 5.31. The first-order valence-electron chi connectivity index (χ1n) is 12.5. The number of aromatic amines is 1. The number of anilines is 1. The maximum absolute atomic E-state index is 13.1. The van der Waals surface area contributed by atoms with Gasteiger partial charge in [-0.25, -0.2) is 0 Å². The minimum absolute atomic E-state index is 0.0382. The van der Waals surface area contributed by atoms with Crippen LogP contribution in [0.1, 0.15) is 24.8 Å². The number of fused-ring (bicyclic) bond motifs is 1. The van der Waals surface area contributed by atoms with Gasteiger partial charge in [-0.05, 0) is 72.9 Å². The fourth-order valence-electron chi connectivity index (χ4n) is 5.01. The number of aryl methyl sites for hydroxylation is 1. The number of benzene rings is 3. The van der Waals surface area contributed by atoms with E-state index in [0.717, 1.165) is 39.2 Å². The monoisotopic (exact) mass is 481 g/mol. The fourth-order valence-corrected chi connectivity index (χ4v) is 5.01. The summed E-state index contributed by atoms with van der Waals surface area (Å²) in [7, 11) is 1.66. The highest BCUT2D eigenvalue weighted by molar-refractivity contribution is 5.93. The number of rotatable bonds is 7. The maximum atomic E-state index is 13.1. The molecule has 0 radical (unpaired) electrons. The molecule has 5 rings (SSSR count). The van der Waals surface area contributed by atoms with Crippen LogP contribution in [0.2, 0.25) is 0 Å². The second kappa shape index (κ2) is 10.7. The highest BCUT2D eigenvalue weighted by atomic mass is 16.5. The SMILES string of the molecule is COc1ccc(-c2[nH]c3ccccc3c2CCC(=O)N2CCC(C(=O)Nc3ccccc3)CC2)cc1. The van der Waals surface area contributed by atoms with Crippen molar-refractivity contribution in [3.05, 3.63) is 84.4 Å². The molecule has 2 amide bonds. The van der Waals surface area contributed by atoms with E-state index in [0.29, 0.717) is 38.8 Å². The molecule has 6 heteroatoms. The zero-order chi connectivity index (χ0) is 24.9. The quantitative estimate of drug-likeness (QED) is 0.358. The molecular weight excluding hydrogens is 450 g/mol. The summed E-state index contributed by atoms with van der Waals surface area (Å²) in [5.41, 5.74) is 5.15. The summed E-state index contributed by atoms with van der Waals surface area (Å²) in [4.78, 5) is 31.2. The van der Waals surface area contributed by atoms with E-state index in [1.165, 1.54) is 0 Å². The van der Waals surface area contributed by atoms with Gasteiger partial charge >= 0.3 is 0 Å². The number of piperidine rings is 1. The molecule has 4 aromatic rings. The molecule has 1 aliphatic heterocycles. The van der Waals surface area contributed by atoms with Crippen molar-refractivity contribution >= 4 is 28.4 Å². The molecule has 0 unspecified atom stereocenters. The van der Waals surface area contributed by atoms with Gasteiger partial charge in [0.25, 0.3) is 0 Å². The van der Waals surface area contributed by atoms with Crippen LogP contribution in [-0.4, -0.2) is 41.9 Å². The van der Waals surface area contributed by atoms with Gasteiger partial charge in [0.05, 0.1) is 7.11 Å². The summed E-state index contributed by atoms with van der Waals surface area (Å²) in [5, 5.41) is 4.14. The van der Waals surface area contributed by atoms with Gasteiger partial charge in [-0.15, -0.1) is 0 Å². The van der Waals surface area contributed by atoms with E-state index >= 15 is 0 Å². The van der Waals surface area contributed by atoms with Crippen LogP contribution in [0.15, 0.2) is 78.9 Å². The van der Waals surface area contributed by atoms with Gasteiger partial charge < -0.3 is 19.9 Å². The molecule has 36 heavy (non-hydrogen) atoms. The van der Waals surface area contributed by atoms with Crippen LogP contribution >= 0.6 is 0 Å². The summed E-state index contributed by atoms with van der Waals surface area (Å²) in [5.74, 6) is 0.927. The van der Waals surface area contributed by atoms with E-state index in [9.17, 15) is 9.59 Å². The Labute approximate surface area is 211 Å². The molecule has 1 aromatic heterocycles. The smallest absolute Gasteiger partial charge is 0.227 e. The minimum atomic E-state index is -0.0652. The van der Waals surface area contributed by atoms with Gasteiger partial charge in [-0.2, -0.15) is 0 Å². The van der Waals surface area contributed by atoms with Crippen molar-refractivity contribution in [1.82, 2.24) is 9.88 Å². The number of amides is 2. The minimum Gasteiger partial charge on any atom is -0.497 e. The molecule has 0 saturated carbocycles. The average Bonchev–Trinajstić information content (AvgIpc) is 3.31. The van der Waals surface area contributed by atoms with Crippen LogP contribution in [0.5, 0.6) is 5.75 Å². The van der Waals surface area contributed by atoms with Crippen molar-refractivity contribution in [2.75, 3.05) is 25.5 Å². The van der Waals surface area contributed by atoms with Crippen molar-refractivity contribution in [3.63, 3.8) is 0 Å². The second-order valence-electron chi connectivity index (χ2n) is 9.26. The highest BCUT2D eigenvalue weighted by Gasteiger charge is 2.27. The highest BCUT2D eigenvalue weighted by Crippen LogP contribution is 2.32. The van der Waals surface area contributed by atoms with Crippen molar-refractivity contribution < 1.29 is 14.3 Å². The lowest BCUT2D eigenvalue weighted by Crippen LogP contribution is -2.41. The molecule has 0 aliphatic carbocycles. The van der Waals surface area contributed by atoms with Gasteiger partial charge in [-0.1, -0.05) is 36.4 Å². The molecular formula is C30H31N3O3. The van der Waals surface area contributed by atoms with Gasteiger partial charge in [0, 0.05) is 47.7 Å². The Balaban J connectivity index is 1.23. The molecule has 0 atom stereocenters. The Morgan fingerprint density at radius 2 is 1.64 bits per heavy atom. The topological polar surface area (TPSA) is 74.4 Å². The van der Waals surface area contributed by atoms with E-state index in [-0.39, 0.29) is 17.7 Å². The van der Waals surface area contributed by atoms with Crippen LogP contribution in [0.3, 0.4) is 0 Å². The first-order valence-corrected chi connectivity index (χ1v) is 12.5. The van der Waals surface area contributed by atoms with E-state index < -0.39 is 0 Å². The molecule has 184 valence electrons. The number of likely N-dealkylation sites (tertiary alicyclic amines) is 1. The molecule has 0 spiro atoms. The number of carbonyl (C=O) groups is 2. The van der Waals surface area contributed by atoms with E-state index in [4.69, 9.17) is 4.74 Å². The first kappa shape index (κ1) is 23.7. The average molecular weight is 482 g/mol. The Bertz CT molecular complexity index is 1340. The Kier molecular flexibility index (Phi) is 7.03. The van der Waals surface area contributed by atoms with Crippen molar-refractivity contribution in [3.8, 4) is 17.0 Å². The molecule has 1 fully saturated rings. The molecule has 2 heterocycles. The Morgan fingerprint density at radius 3 is 2.36 bits per heavy atom. The number of methoxy groups -OCH3 is 1. The summed E-state index contributed by atoms with van der Waals surface area (Å²) in [6.07, 6.45) is 2.47. The Morgan fingerprint density at radius 1 is 0.944 bits per heavy atom. The molecule has 0 bridgehead atoms. The van der Waals surface area contributed by atoms with Gasteiger partial charge in [0.2, 0.25) is 11.8 Å². The molecule has 3 aromatic carbocycles. The number of aromatic nitrogens is 1. The maximum Gasteiger partial charge on any atom is 0.227 e. The molecule has 6 nitrogen and oxygen atoms in total. The van der Waals surface area contributed by atoms with Crippen LogP contribution in [0.4, 0.5) is 5.69 Å². The second-order valence-corrected chi connectivity index (χ2v) is 9.26. The van der Waals surface area contributed by atoms with Gasteiger partial charge in [-0.3, -0.25) is 9.59 Å². The van der Waals surface area contributed by atoms with Crippen LogP contribution in [0, 0.1) is 5.92 Å². The number of ether oxygens (including phenoxy) is 1. The summed E-state index contributed by atoms with van der Waals surface area (Å²) in [6, 6.07) is 25.7. The van der Waals surface area contributed by atoms with Crippen molar-refractivity contribution in [2.24, 2.45) is 5.92 Å². The zero-order valence-electron chi connectivity index (χ0n) is 20.5. The van der Waals surface area contributed by atoms with E-state index in [1.807, 2.05) is 71.6 Å². The van der Waals surface area contributed by atoms with Crippen molar-refractivity contribution in [1.29, 1.82) is 0 Å². The standard InChI is InChI=1S/C30H31N3O3/c1-36-24-13-11-21(12-14-24)29-26(25-9-5-6-10-27(25)32-29)15-16-28(34)33-19-17-22(18-20-33)30(35)31-23-7-3-2-4-8-23/h2-14,22,32H,15-20H2,1H3,(H,31,35). The third-order valence-corrected chi connectivity index (χ3v) is 7.04.